The largest absolute Gasteiger partial charge is 0.394 e. The van der Waals surface area contributed by atoms with Gasteiger partial charge in [0.1, 0.15) is 73.2 Å². The maximum absolute atomic E-state index is 13.4. The highest BCUT2D eigenvalue weighted by Crippen LogP contribution is 2.33. The summed E-state index contributed by atoms with van der Waals surface area (Å²) in [6, 6.07) is -1.00. The van der Waals surface area contributed by atoms with E-state index in [9.17, 15) is 61.0 Å². The van der Waals surface area contributed by atoms with Gasteiger partial charge in [-0.05, 0) is 70.6 Å². The molecule has 0 bridgehead atoms. The van der Waals surface area contributed by atoms with Crippen LogP contribution in [0.3, 0.4) is 0 Å². The number of nitrogens with one attached hydrogen (secondary N) is 1. The first-order valence-electron chi connectivity index (χ1n) is 38.2. The molecule has 3 saturated heterocycles. The number of aliphatic hydroxyl groups is 11. The SMILES string of the molecule is CC/C=C\C/C=C\C/C=C\C/C=C\CCCCCCCCCCC(=O)NC(COC1OC(CO)C(OC2OC(CO)C(OC3OC(CO)C(O)C(O)C3O)C(O)C2O)C(O)C1O)C(O)/C=C/CC/C=C/CCCCCCCCCCCCCCCCCCCCCCCCCC. The van der Waals surface area contributed by atoms with Crippen LogP contribution in [0.2, 0.25) is 0 Å². The lowest BCUT2D eigenvalue weighted by Gasteiger charge is -2.48. The number of carbonyl (C=O) groups is 1. The fraction of sp³-hybridized carbons (Fsp3) is 0.831. The van der Waals surface area contributed by atoms with E-state index in [1.54, 1.807) is 6.08 Å². The second-order valence-electron chi connectivity index (χ2n) is 27.1. The molecular formula is C77H137NO18. The number of allylic oxidation sites excluding steroid dienone is 11. The number of hydrogen-bond acceptors (Lipinski definition) is 18. The molecular weight excluding hydrogens is 1230 g/mol. The van der Waals surface area contributed by atoms with Gasteiger partial charge < -0.3 is 89.9 Å². The average Bonchev–Trinajstić information content (AvgIpc) is 0.785. The van der Waals surface area contributed by atoms with Gasteiger partial charge in [-0.15, -0.1) is 0 Å². The number of hydrogen-bond donors (Lipinski definition) is 12. The van der Waals surface area contributed by atoms with Gasteiger partial charge in [0, 0.05) is 6.42 Å². The van der Waals surface area contributed by atoms with Crippen molar-refractivity contribution in [1.82, 2.24) is 5.32 Å². The molecule has 12 N–H and O–H groups in total. The van der Waals surface area contributed by atoms with E-state index in [0.29, 0.717) is 12.8 Å². The maximum Gasteiger partial charge on any atom is 0.220 e. The molecule has 3 aliphatic heterocycles. The van der Waals surface area contributed by atoms with E-state index in [0.717, 1.165) is 77.0 Å². The molecule has 3 rings (SSSR count). The zero-order chi connectivity index (χ0) is 69.6. The van der Waals surface area contributed by atoms with Gasteiger partial charge in [0.25, 0.3) is 0 Å². The van der Waals surface area contributed by atoms with Crippen LogP contribution in [0.5, 0.6) is 0 Å². The molecule has 96 heavy (non-hydrogen) atoms. The summed E-state index contributed by atoms with van der Waals surface area (Å²) < 4.78 is 34.4. The predicted molar refractivity (Wildman–Crippen MR) is 378 cm³/mol. The van der Waals surface area contributed by atoms with Crippen LogP contribution < -0.4 is 5.32 Å². The third-order valence-corrected chi connectivity index (χ3v) is 18.7. The molecule has 3 aliphatic rings. The van der Waals surface area contributed by atoms with Crippen LogP contribution in [0.4, 0.5) is 0 Å². The average molecular weight is 1360 g/mol. The molecule has 0 spiro atoms. The number of aliphatic hydroxyl groups excluding tert-OH is 11. The van der Waals surface area contributed by atoms with E-state index in [-0.39, 0.29) is 18.9 Å². The highest BCUT2D eigenvalue weighted by molar-refractivity contribution is 5.76. The minimum atomic E-state index is -1.99. The van der Waals surface area contributed by atoms with Gasteiger partial charge in [-0.2, -0.15) is 0 Å². The van der Waals surface area contributed by atoms with Crippen LogP contribution in [0.25, 0.3) is 0 Å². The van der Waals surface area contributed by atoms with Gasteiger partial charge in [-0.25, -0.2) is 0 Å². The summed E-state index contributed by atoms with van der Waals surface area (Å²) in [7, 11) is 0. The third-order valence-electron chi connectivity index (χ3n) is 18.7. The molecule has 19 nitrogen and oxygen atoms in total. The van der Waals surface area contributed by atoms with E-state index >= 15 is 0 Å². The second kappa shape index (κ2) is 57.8. The Morgan fingerprint density at radius 1 is 0.385 bits per heavy atom. The molecule has 0 aromatic rings. The van der Waals surface area contributed by atoms with Gasteiger partial charge in [0.05, 0.1) is 38.6 Å². The standard InChI is InChI=1S/C77H137NO18/c1-3-5-7-9-11-13-15-17-19-21-23-25-26-27-28-29-30-31-32-33-35-36-38-40-42-44-46-48-50-52-54-61(82)60(78-65(83)55-53-51-49-47-45-43-41-39-37-34-24-22-20-18-16-14-12-10-8-6-4-2)59-91-75-71(89)68(86)73(63(57-80)93-75)96-77-72(90)69(87)74(64(58-81)94-77)95-76-70(88)67(85)66(84)62(56-79)92-76/h6,8,12,14,18,20,24,34,44,46,52,54,60-64,66-77,79-82,84-90H,3-5,7,9-11,13,15-17,19,21-23,25-33,35-43,45,47-51,53,55-59H2,1-2H3,(H,78,83)/b8-6-,14-12-,20-18-,34-24-,46-44+,54-52+. The molecule has 0 aromatic heterocycles. The first kappa shape index (κ1) is 87.4. The Balaban J connectivity index is 1.41. The molecule has 3 heterocycles. The molecule has 0 aromatic carbocycles. The van der Waals surface area contributed by atoms with Gasteiger partial charge in [0.15, 0.2) is 18.9 Å². The fourth-order valence-corrected chi connectivity index (χ4v) is 12.6. The quantitative estimate of drug-likeness (QED) is 0.0199. The Kier molecular flexibility index (Phi) is 52.7. The molecule has 558 valence electrons. The van der Waals surface area contributed by atoms with E-state index < -0.39 is 124 Å². The molecule has 1 amide bonds. The van der Waals surface area contributed by atoms with Crippen molar-refractivity contribution in [3.63, 3.8) is 0 Å². The van der Waals surface area contributed by atoms with Crippen molar-refractivity contribution in [2.45, 2.75) is 381 Å². The Morgan fingerprint density at radius 3 is 1.17 bits per heavy atom. The molecule has 0 saturated carbocycles. The highest BCUT2D eigenvalue weighted by atomic mass is 16.8. The maximum atomic E-state index is 13.4. The Morgan fingerprint density at radius 2 is 0.729 bits per heavy atom. The zero-order valence-corrected chi connectivity index (χ0v) is 59.3. The molecule has 19 heteroatoms. The highest BCUT2D eigenvalue weighted by Gasteiger charge is 2.53. The molecule has 0 radical (unpaired) electrons. The van der Waals surface area contributed by atoms with Gasteiger partial charge in [-0.3, -0.25) is 4.79 Å². The van der Waals surface area contributed by atoms with Crippen LogP contribution in [0.15, 0.2) is 72.9 Å². The van der Waals surface area contributed by atoms with Crippen molar-refractivity contribution in [2.24, 2.45) is 0 Å². The van der Waals surface area contributed by atoms with Gasteiger partial charge in [0.2, 0.25) is 5.91 Å². The smallest absolute Gasteiger partial charge is 0.220 e. The minimum absolute atomic E-state index is 0.223. The first-order valence-corrected chi connectivity index (χ1v) is 38.2. The van der Waals surface area contributed by atoms with Crippen molar-refractivity contribution >= 4 is 5.91 Å². The Hall–Kier alpha value is -2.77. The summed E-state index contributed by atoms with van der Waals surface area (Å²) >= 11 is 0. The first-order chi connectivity index (χ1) is 46.8. The van der Waals surface area contributed by atoms with Crippen LogP contribution >= 0.6 is 0 Å². The van der Waals surface area contributed by atoms with Crippen molar-refractivity contribution in [3.05, 3.63) is 72.9 Å². The number of amides is 1. The Bertz CT molecular complexity index is 2020. The topological polar surface area (TPSA) is 307 Å². The monoisotopic (exact) mass is 1360 g/mol. The number of carbonyl (C=O) groups excluding carboxylic acids is 1. The summed E-state index contributed by atoms with van der Waals surface area (Å²) in [5.74, 6) is -0.294. The number of unbranched alkanes of at least 4 members (excludes halogenated alkanes) is 33. The van der Waals surface area contributed by atoms with E-state index in [1.807, 2.05) is 6.08 Å². The minimum Gasteiger partial charge on any atom is -0.394 e. The molecule has 3 fully saturated rings. The van der Waals surface area contributed by atoms with Crippen molar-refractivity contribution in [2.75, 3.05) is 26.4 Å². The summed E-state index contributed by atoms with van der Waals surface area (Å²) in [5.41, 5.74) is 0. The van der Waals surface area contributed by atoms with E-state index in [4.69, 9.17) is 28.4 Å². The molecule has 0 aliphatic carbocycles. The van der Waals surface area contributed by atoms with Crippen molar-refractivity contribution < 1.29 is 89.4 Å². The lowest BCUT2D eigenvalue weighted by atomic mass is 9.96. The van der Waals surface area contributed by atoms with Gasteiger partial charge in [-0.1, -0.05) is 273 Å². The van der Waals surface area contributed by atoms with Gasteiger partial charge >= 0.3 is 0 Å². The fourth-order valence-electron chi connectivity index (χ4n) is 12.6. The number of ether oxygens (including phenoxy) is 6. The Labute approximate surface area is 578 Å². The molecule has 17 atom stereocenters. The lowest BCUT2D eigenvalue weighted by Crippen LogP contribution is -2.66. The zero-order valence-electron chi connectivity index (χ0n) is 59.3. The number of rotatable bonds is 59. The second-order valence-corrected chi connectivity index (χ2v) is 27.1. The van der Waals surface area contributed by atoms with Crippen LogP contribution in [-0.2, 0) is 33.2 Å². The van der Waals surface area contributed by atoms with E-state index in [2.05, 4.69) is 79.9 Å². The van der Waals surface area contributed by atoms with Crippen molar-refractivity contribution in [1.29, 1.82) is 0 Å². The van der Waals surface area contributed by atoms with Crippen LogP contribution in [0.1, 0.15) is 277 Å². The molecule has 17 unspecified atom stereocenters. The van der Waals surface area contributed by atoms with Crippen molar-refractivity contribution in [3.8, 4) is 0 Å². The third kappa shape index (κ3) is 38.3. The predicted octanol–water partition coefficient (Wildman–Crippen LogP) is 11.7. The lowest BCUT2D eigenvalue weighted by molar-refractivity contribution is -0.379. The van der Waals surface area contributed by atoms with Crippen LogP contribution in [0, 0.1) is 0 Å². The summed E-state index contributed by atoms with van der Waals surface area (Å²) in [6.07, 6.45) is 47.5. The normalized spacial score (nSPS) is 27.4. The van der Waals surface area contributed by atoms with Crippen LogP contribution in [-0.4, -0.2) is 193 Å². The summed E-state index contributed by atoms with van der Waals surface area (Å²) in [6.45, 7) is 1.62. The summed E-state index contributed by atoms with van der Waals surface area (Å²) in [4.78, 5) is 13.4. The summed E-state index contributed by atoms with van der Waals surface area (Å²) in [5, 5.41) is 121. The van der Waals surface area contributed by atoms with E-state index in [1.165, 1.54) is 167 Å².